The van der Waals surface area contributed by atoms with Crippen LogP contribution in [0.15, 0.2) is 12.7 Å². The quantitative estimate of drug-likeness (QED) is 0.276. The van der Waals surface area contributed by atoms with Crippen LogP contribution < -0.4 is 18.1 Å². The summed E-state index contributed by atoms with van der Waals surface area (Å²) in [5.41, 5.74) is 4.53. The van der Waals surface area contributed by atoms with Gasteiger partial charge in [-0.2, -0.15) is 0 Å². The summed E-state index contributed by atoms with van der Waals surface area (Å²) < 4.78 is 15.1. The van der Waals surface area contributed by atoms with Gasteiger partial charge in [-0.05, 0) is 6.08 Å². The van der Waals surface area contributed by atoms with Crippen molar-refractivity contribution in [1.29, 1.82) is 0 Å². The number of phosphoric ester groups is 1. The lowest BCUT2D eigenvalue weighted by Crippen LogP contribution is -3.00. The Morgan fingerprint density at radius 3 is 2.00 bits per heavy atom. The Morgan fingerprint density at radius 2 is 1.82 bits per heavy atom. The van der Waals surface area contributed by atoms with E-state index in [2.05, 4.69) is 16.8 Å². The summed E-state index contributed by atoms with van der Waals surface area (Å²) in [7, 11) is 1.50. The number of phosphoric acid groups is 1. The van der Waals surface area contributed by atoms with Crippen molar-refractivity contribution in [1.82, 2.24) is 0 Å². The van der Waals surface area contributed by atoms with Gasteiger partial charge in [0.1, 0.15) is 13.2 Å². The van der Waals surface area contributed by atoms with E-state index in [9.17, 15) is 9.36 Å². The van der Waals surface area contributed by atoms with Crippen LogP contribution in [-0.2, 0) is 13.9 Å². The molecule has 1 amide bonds. The van der Waals surface area contributed by atoms with E-state index in [-0.39, 0.29) is 19.0 Å². The molecule has 17 heavy (non-hydrogen) atoms. The summed E-state index contributed by atoms with van der Waals surface area (Å²) in [6, 6.07) is 0. The molecule has 0 aromatic rings. The minimum Gasteiger partial charge on any atom is -1.00 e. The van der Waals surface area contributed by atoms with Crippen LogP contribution in [0.3, 0.4) is 0 Å². The molecule has 104 valence electrons. The smallest absolute Gasteiger partial charge is 0.469 e. The molecule has 0 heterocycles. The average molecular weight is 291 g/mol. The highest BCUT2D eigenvalue weighted by atomic mass is 35.5. The third-order valence-electron chi connectivity index (χ3n) is 1.22. The van der Waals surface area contributed by atoms with Crippen molar-refractivity contribution < 1.29 is 40.6 Å². The molecule has 0 aliphatic heterocycles. The maximum Gasteiger partial charge on any atom is 0.469 e. The second kappa shape index (κ2) is 9.58. The summed E-state index contributed by atoms with van der Waals surface area (Å²) in [5, 5.41) is 0. The third-order valence-corrected chi connectivity index (χ3v) is 1.74. The van der Waals surface area contributed by atoms with Crippen molar-refractivity contribution >= 4 is 13.7 Å². The van der Waals surface area contributed by atoms with E-state index in [1.54, 1.807) is 0 Å². The topological polar surface area (TPSA) is 110 Å². The fourth-order valence-corrected chi connectivity index (χ4v) is 0.753. The number of hydrogen-bond acceptors (Lipinski definition) is 3. The molecule has 0 bridgehead atoms. The minimum absolute atomic E-state index is 0. The number of carbonyl (C=O) groups is 1. The second-order valence-electron chi connectivity index (χ2n) is 3.94. The van der Waals surface area contributed by atoms with E-state index in [1.807, 2.05) is 21.1 Å². The first-order chi connectivity index (χ1) is 6.98. The summed E-state index contributed by atoms with van der Waals surface area (Å²) in [5.74, 6) is -0.481. The molecule has 0 saturated heterocycles. The van der Waals surface area contributed by atoms with E-state index in [0.717, 1.165) is 6.08 Å². The van der Waals surface area contributed by atoms with Crippen LogP contribution in [0, 0.1) is 0 Å². The van der Waals surface area contributed by atoms with E-state index in [4.69, 9.17) is 9.79 Å². The molecule has 0 aromatic carbocycles. The van der Waals surface area contributed by atoms with Gasteiger partial charge in [-0.25, -0.2) is 4.57 Å². The van der Waals surface area contributed by atoms with Crippen LogP contribution in [0.5, 0.6) is 0 Å². The van der Waals surface area contributed by atoms with Crippen molar-refractivity contribution in [3.63, 3.8) is 0 Å². The zero-order valence-corrected chi connectivity index (χ0v) is 11.8. The maximum atomic E-state index is 10.2. The van der Waals surface area contributed by atoms with Gasteiger partial charge in [0.15, 0.2) is 0 Å². The third kappa shape index (κ3) is 31.3. The standard InChI is InChI=1S/C5H14NO4P.C3H5NO.ClH/c1-6(2,3)4-5-10-11(7,8)9;1-2-3(4)5;/h4-5H2,1-3H3,(H-,7,8,9);2H,1H2,(H2,4,5);1H. The lowest BCUT2D eigenvalue weighted by atomic mass is 10.5. The fourth-order valence-electron chi connectivity index (χ4n) is 0.434. The first-order valence-corrected chi connectivity index (χ1v) is 5.93. The number of hydrogen-bond donors (Lipinski definition) is 3. The highest BCUT2D eigenvalue weighted by molar-refractivity contribution is 7.46. The van der Waals surface area contributed by atoms with Gasteiger partial charge in [-0.15, -0.1) is 0 Å². The van der Waals surface area contributed by atoms with Crippen molar-refractivity contribution in [2.75, 3.05) is 34.3 Å². The highest BCUT2D eigenvalue weighted by Crippen LogP contribution is 2.35. The number of halogens is 1. The first kappa shape index (κ1) is 21.8. The summed E-state index contributed by atoms with van der Waals surface area (Å²) >= 11 is 0. The molecule has 0 saturated carbocycles. The Balaban J connectivity index is -0.000000280. The number of nitrogens with two attached hydrogens (primary N) is 1. The van der Waals surface area contributed by atoms with Crippen LogP contribution in [0.4, 0.5) is 0 Å². The lowest BCUT2D eigenvalue weighted by molar-refractivity contribution is -0.870. The zero-order chi connectivity index (χ0) is 13.4. The van der Waals surface area contributed by atoms with Gasteiger partial charge >= 0.3 is 7.82 Å². The van der Waals surface area contributed by atoms with Crippen LogP contribution in [-0.4, -0.2) is 54.5 Å². The number of likely N-dealkylation sites (N-methyl/N-ethyl adjacent to an activating group) is 1. The largest absolute Gasteiger partial charge is 1.00 e. The van der Waals surface area contributed by atoms with E-state index >= 15 is 0 Å². The SMILES string of the molecule is C=CC(N)=O.C[N+](C)(C)CCOP(=O)(O)O.[Cl-]. The molecule has 0 aliphatic carbocycles. The predicted molar refractivity (Wildman–Crippen MR) is 60.3 cm³/mol. The molecule has 0 radical (unpaired) electrons. The van der Waals surface area contributed by atoms with Gasteiger partial charge in [-0.1, -0.05) is 6.58 Å². The summed E-state index contributed by atoms with van der Waals surface area (Å²) in [6.45, 7) is 3.74. The molecule has 0 unspecified atom stereocenters. The molecule has 0 rings (SSSR count). The predicted octanol–water partition coefficient (Wildman–Crippen LogP) is -3.54. The number of carbonyl (C=O) groups excluding carboxylic acids is 1. The molecule has 0 fully saturated rings. The molecule has 4 N–H and O–H groups in total. The van der Waals surface area contributed by atoms with Gasteiger partial charge in [0.05, 0.1) is 21.1 Å². The van der Waals surface area contributed by atoms with Gasteiger partial charge in [0, 0.05) is 0 Å². The molecular weight excluding hydrogens is 271 g/mol. The minimum atomic E-state index is -4.26. The molecule has 7 nitrogen and oxygen atoms in total. The monoisotopic (exact) mass is 290 g/mol. The van der Waals surface area contributed by atoms with Crippen molar-refractivity contribution in [2.24, 2.45) is 5.73 Å². The van der Waals surface area contributed by atoms with Crippen LogP contribution >= 0.6 is 7.82 Å². The summed E-state index contributed by atoms with van der Waals surface area (Å²) in [6.07, 6.45) is 1.06. The van der Waals surface area contributed by atoms with Gasteiger partial charge < -0.3 is 32.4 Å². The molecule has 0 atom stereocenters. The second-order valence-corrected chi connectivity index (χ2v) is 5.18. The number of nitrogens with zero attached hydrogens (tertiary/aromatic N) is 1. The number of rotatable bonds is 5. The van der Waals surface area contributed by atoms with Crippen molar-refractivity contribution in [3.8, 4) is 0 Å². The van der Waals surface area contributed by atoms with Gasteiger partial charge in [0.2, 0.25) is 5.91 Å². The fraction of sp³-hybridized carbons (Fsp3) is 0.625. The molecule has 9 heteroatoms. The van der Waals surface area contributed by atoms with Crippen LogP contribution in [0.25, 0.3) is 0 Å². The Bertz CT molecular complexity index is 274. The van der Waals surface area contributed by atoms with Crippen LogP contribution in [0.2, 0.25) is 0 Å². The Morgan fingerprint density at radius 1 is 1.47 bits per heavy atom. The number of primary amides is 1. The first-order valence-electron chi connectivity index (χ1n) is 4.40. The molecule has 0 aliphatic rings. The van der Waals surface area contributed by atoms with Gasteiger partial charge in [-0.3, -0.25) is 9.32 Å². The summed E-state index contributed by atoms with van der Waals surface area (Å²) in [4.78, 5) is 26.1. The zero-order valence-electron chi connectivity index (χ0n) is 10.2. The van der Waals surface area contributed by atoms with Crippen molar-refractivity contribution in [2.45, 2.75) is 0 Å². The molecule has 0 aromatic heterocycles. The average Bonchev–Trinajstić information content (AvgIpc) is 2.00. The van der Waals surface area contributed by atoms with Gasteiger partial charge in [0.25, 0.3) is 0 Å². The van der Waals surface area contributed by atoms with E-state index in [0.29, 0.717) is 11.0 Å². The number of amides is 1. The highest BCUT2D eigenvalue weighted by Gasteiger charge is 2.15. The Kier molecular flexibility index (Phi) is 12.3. The normalized spacial score (nSPS) is 10.6. The van der Waals surface area contributed by atoms with E-state index < -0.39 is 13.7 Å². The van der Waals surface area contributed by atoms with Crippen LogP contribution in [0.1, 0.15) is 0 Å². The Hall–Kier alpha value is -0.430. The molecular formula is C8H20ClN2O5P. The molecule has 0 spiro atoms. The lowest BCUT2D eigenvalue weighted by Gasteiger charge is -2.23. The number of quaternary nitrogens is 1. The van der Waals surface area contributed by atoms with E-state index in [1.165, 1.54) is 0 Å². The van der Waals surface area contributed by atoms with Crippen molar-refractivity contribution in [3.05, 3.63) is 12.7 Å². The Labute approximate surface area is 107 Å². The maximum absolute atomic E-state index is 10.2.